The Labute approximate surface area is 100 Å². The van der Waals surface area contributed by atoms with Crippen molar-refractivity contribution < 1.29 is 9.90 Å². The van der Waals surface area contributed by atoms with Gasteiger partial charge in [0.25, 0.3) is 0 Å². The van der Waals surface area contributed by atoms with Crippen molar-refractivity contribution in [3.05, 3.63) is 54.6 Å². The van der Waals surface area contributed by atoms with Gasteiger partial charge in [0.15, 0.2) is 0 Å². The third kappa shape index (κ3) is 2.38. The Morgan fingerprint density at radius 2 is 2.00 bits per heavy atom. The van der Waals surface area contributed by atoms with E-state index in [4.69, 9.17) is 0 Å². The molecule has 88 valence electrons. The predicted molar refractivity (Wildman–Crippen MR) is 67.9 cm³/mol. The maximum absolute atomic E-state index is 11.2. The van der Waals surface area contributed by atoms with Crippen LogP contribution in [0.4, 0.5) is 5.69 Å². The van der Waals surface area contributed by atoms with Crippen molar-refractivity contribution in [3.8, 4) is 0 Å². The molecule has 0 saturated carbocycles. The molecule has 2 rings (SSSR count). The van der Waals surface area contributed by atoms with Gasteiger partial charge < -0.3 is 10.4 Å². The molecule has 0 spiro atoms. The van der Waals surface area contributed by atoms with Gasteiger partial charge in [-0.2, -0.15) is 0 Å². The lowest BCUT2D eigenvalue weighted by Crippen LogP contribution is -2.44. The number of para-hydroxylation sites is 1. The van der Waals surface area contributed by atoms with Crippen molar-refractivity contribution in [1.29, 1.82) is 0 Å². The fourth-order valence-corrected chi connectivity index (χ4v) is 2.02. The molecule has 0 amide bonds. The molecule has 0 heterocycles. The van der Waals surface area contributed by atoms with Crippen molar-refractivity contribution in [2.45, 2.75) is 12.5 Å². The molecule has 1 aromatic carbocycles. The van der Waals surface area contributed by atoms with E-state index in [9.17, 15) is 9.90 Å². The minimum atomic E-state index is -0.823. The van der Waals surface area contributed by atoms with Crippen LogP contribution in [0.3, 0.4) is 0 Å². The quantitative estimate of drug-likeness (QED) is 0.837. The van der Waals surface area contributed by atoms with Crippen molar-refractivity contribution in [2.24, 2.45) is 5.92 Å². The average Bonchev–Trinajstić information content (AvgIpc) is 2.30. The molecule has 1 aliphatic carbocycles. The molecule has 0 radical (unpaired) electrons. The highest BCUT2D eigenvalue weighted by Gasteiger charge is 2.36. The number of hydrogen-bond acceptors (Lipinski definition) is 2. The minimum absolute atomic E-state index is 0.562. The highest BCUT2D eigenvalue weighted by atomic mass is 16.4. The van der Waals surface area contributed by atoms with Crippen molar-refractivity contribution >= 4 is 11.7 Å². The number of hydrogen-bond donors (Lipinski definition) is 2. The molecule has 2 N–H and O–H groups in total. The van der Waals surface area contributed by atoms with Crippen LogP contribution in [0.1, 0.15) is 6.92 Å². The van der Waals surface area contributed by atoms with Crippen LogP contribution >= 0.6 is 0 Å². The standard InChI is InChI=1S/C14H15NO2/c1-14(15-11-7-3-2-4-8-11)10-6-5-9-12(14)13(16)17/h2-10,12,15H,1H3,(H,16,17). The van der Waals surface area contributed by atoms with Crippen LogP contribution in [0.15, 0.2) is 54.6 Å². The summed E-state index contributed by atoms with van der Waals surface area (Å²) < 4.78 is 0. The van der Waals surface area contributed by atoms with E-state index in [-0.39, 0.29) is 0 Å². The van der Waals surface area contributed by atoms with Gasteiger partial charge in [-0.25, -0.2) is 0 Å². The largest absolute Gasteiger partial charge is 0.481 e. The first-order valence-electron chi connectivity index (χ1n) is 5.54. The van der Waals surface area contributed by atoms with Crippen molar-refractivity contribution in [3.63, 3.8) is 0 Å². The first kappa shape index (κ1) is 11.5. The molecule has 0 saturated heterocycles. The van der Waals surface area contributed by atoms with E-state index >= 15 is 0 Å². The third-order valence-electron chi connectivity index (χ3n) is 2.96. The summed E-state index contributed by atoms with van der Waals surface area (Å²) in [5.74, 6) is -1.38. The Kier molecular flexibility index (Phi) is 3.00. The highest BCUT2D eigenvalue weighted by Crippen LogP contribution is 2.28. The molecule has 2 unspecified atom stereocenters. The zero-order valence-electron chi connectivity index (χ0n) is 9.63. The summed E-state index contributed by atoms with van der Waals surface area (Å²) in [5.41, 5.74) is 0.322. The summed E-state index contributed by atoms with van der Waals surface area (Å²) in [6.45, 7) is 1.89. The van der Waals surface area contributed by atoms with Crippen LogP contribution in [0.5, 0.6) is 0 Å². The lowest BCUT2D eigenvalue weighted by Gasteiger charge is -2.34. The van der Waals surface area contributed by atoms with Gasteiger partial charge in [0.1, 0.15) is 5.92 Å². The number of benzene rings is 1. The highest BCUT2D eigenvalue weighted by molar-refractivity contribution is 5.76. The van der Waals surface area contributed by atoms with Crippen LogP contribution < -0.4 is 5.32 Å². The topological polar surface area (TPSA) is 49.3 Å². The lowest BCUT2D eigenvalue weighted by molar-refractivity contribution is -0.141. The van der Waals surface area contributed by atoms with Crippen LogP contribution in [-0.2, 0) is 4.79 Å². The van der Waals surface area contributed by atoms with Crippen molar-refractivity contribution in [1.82, 2.24) is 0 Å². The Bertz CT molecular complexity index is 464. The van der Waals surface area contributed by atoms with Crippen LogP contribution in [-0.4, -0.2) is 16.6 Å². The molecule has 1 aliphatic rings. The van der Waals surface area contributed by atoms with Gasteiger partial charge in [-0.15, -0.1) is 0 Å². The Hall–Kier alpha value is -2.03. The number of aliphatic carboxylic acids is 1. The average molecular weight is 229 g/mol. The van der Waals surface area contributed by atoms with Crippen molar-refractivity contribution in [2.75, 3.05) is 5.32 Å². The van der Waals surface area contributed by atoms with Crippen LogP contribution in [0.25, 0.3) is 0 Å². The Balaban J connectivity index is 2.25. The van der Waals surface area contributed by atoms with Gasteiger partial charge in [-0.05, 0) is 19.1 Å². The number of nitrogens with one attached hydrogen (secondary N) is 1. The summed E-state index contributed by atoms with van der Waals surface area (Å²) in [6.07, 6.45) is 7.24. The number of allylic oxidation sites excluding steroid dienone is 2. The zero-order valence-corrected chi connectivity index (χ0v) is 9.63. The van der Waals surface area contributed by atoms with Gasteiger partial charge in [0.2, 0.25) is 0 Å². The number of rotatable bonds is 3. The third-order valence-corrected chi connectivity index (χ3v) is 2.96. The van der Waals surface area contributed by atoms with E-state index in [1.807, 2.05) is 49.4 Å². The Morgan fingerprint density at radius 3 is 2.65 bits per heavy atom. The number of carboxylic acids is 1. The SMILES string of the molecule is CC1(Nc2ccccc2)C=CC=CC1C(=O)O. The number of carboxylic acid groups (broad SMARTS) is 1. The monoisotopic (exact) mass is 229 g/mol. The fraction of sp³-hybridized carbons (Fsp3) is 0.214. The zero-order chi connectivity index (χ0) is 12.3. The molecule has 0 bridgehead atoms. The van der Waals surface area contributed by atoms with E-state index < -0.39 is 17.4 Å². The smallest absolute Gasteiger partial charge is 0.313 e. The molecular weight excluding hydrogens is 214 g/mol. The summed E-state index contributed by atoms with van der Waals surface area (Å²) in [5, 5.41) is 12.5. The molecule has 0 aromatic heterocycles. The second-order valence-electron chi connectivity index (χ2n) is 4.33. The summed E-state index contributed by atoms with van der Waals surface area (Å²) in [7, 11) is 0. The van der Waals surface area contributed by atoms with E-state index in [1.165, 1.54) is 0 Å². The number of anilines is 1. The first-order valence-corrected chi connectivity index (χ1v) is 5.54. The van der Waals surface area contributed by atoms with Gasteiger partial charge in [-0.3, -0.25) is 4.79 Å². The minimum Gasteiger partial charge on any atom is -0.481 e. The van der Waals surface area contributed by atoms with E-state index in [1.54, 1.807) is 12.2 Å². The first-order chi connectivity index (χ1) is 8.12. The molecular formula is C14H15NO2. The molecule has 0 fully saturated rings. The molecule has 3 heteroatoms. The molecule has 17 heavy (non-hydrogen) atoms. The second-order valence-corrected chi connectivity index (χ2v) is 4.33. The molecule has 0 aliphatic heterocycles. The molecule has 3 nitrogen and oxygen atoms in total. The van der Waals surface area contributed by atoms with E-state index in [0.717, 1.165) is 5.69 Å². The van der Waals surface area contributed by atoms with Crippen LogP contribution in [0.2, 0.25) is 0 Å². The van der Waals surface area contributed by atoms with Gasteiger partial charge >= 0.3 is 5.97 Å². The summed E-state index contributed by atoms with van der Waals surface area (Å²) >= 11 is 0. The predicted octanol–water partition coefficient (Wildman–Crippen LogP) is 2.68. The normalized spacial score (nSPS) is 26.8. The molecule has 1 aromatic rings. The fourth-order valence-electron chi connectivity index (χ4n) is 2.02. The second kappa shape index (κ2) is 4.45. The van der Waals surface area contributed by atoms with Crippen LogP contribution in [0, 0.1) is 5.92 Å². The van der Waals surface area contributed by atoms with E-state index in [0.29, 0.717) is 0 Å². The summed E-state index contributed by atoms with van der Waals surface area (Å²) in [4.78, 5) is 11.2. The Morgan fingerprint density at radius 1 is 1.29 bits per heavy atom. The van der Waals surface area contributed by atoms with Gasteiger partial charge in [0.05, 0.1) is 5.54 Å². The maximum Gasteiger partial charge on any atom is 0.313 e. The number of carbonyl (C=O) groups is 1. The summed E-state index contributed by atoms with van der Waals surface area (Å²) in [6, 6.07) is 9.62. The lowest BCUT2D eigenvalue weighted by atomic mass is 9.82. The van der Waals surface area contributed by atoms with Gasteiger partial charge in [0, 0.05) is 5.69 Å². The van der Waals surface area contributed by atoms with Gasteiger partial charge in [-0.1, -0.05) is 42.5 Å². The van der Waals surface area contributed by atoms with E-state index in [2.05, 4.69) is 5.32 Å². The molecule has 2 atom stereocenters. The maximum atomic E-state index is 11.2.